The molecule has 3 aromatic carbocycles. The van der Waals surface area contributed by atoms with Crippen LogP contribution in [0.25, 0.3) is 11.0 Å². The highest BCUT2D eigenvalue weighted by Gasteiger charge is 2.34. The lowest BCUT2D eigenvalue weighted by atomic mass is 10.0. The summed E-state index contributed by atoms with van der Waals surface area (Å²) in [4.78, 5) is 29.2. The molecule has 0 radical (unpaired) electrons. The molecule has 0 bridgehead atoms. The van der Waals surface area contributed by atoms with Crippen molar-refractivity contribution in [1.29, 1.82) is 0 Å². The van der Waals surface area contributed by atoms with Crippen molar-refractivity contribution >= 4 is 28.5 Å². The summed E-state index contributed by atoms with van der Waals surface area (Å²) in [5.41, 5.74) is 3.84. The molecule has 0 fully saturated rings. The van der Waals surface area contributed by atoms with Crippen LogP contribution in [0.3, 0.4) is 0 Å². The van der Waals surface area contributed by atoms with Gasteiger partial charge in [-0.2, -0.15) is 0 Å². The van der Waals surface area contributed by atoms with Crippen molar-refractivity contribution < 1.29 is 14.3 Å². The molecule has 4 rings (SSSR count). The second kappa shape index (κ2) is 11.4. The van der Waals surface area contributed by atoms with Crippen molar-refractivity contribution in [3.63, 3.8) is 0 Å². The molecule has 4 aromatic rings. The highest BCUT2D eigenvalue weighted by atomic mass is 16.5. The molecule has 2 amide bonds. The van der Waals surface area contributed by atoms with E-state index in [1.54, 1.807) is 16.7 Å². The quantitative estimate of drug-likeness (QED) is 0.358. The van der Waals surface area contributed by atoms with Gasteiger partial charge in [-0.1, -0.05) is 72.8 Å². The highest BCUT2D eigenvalue weighted by Crippen LogP contribution is 2.31. The Balaban J connectivity index is 1.79. The van der Waals surface area contributed by atoms with E-state index < -0.39 is 6.04 Å². The van der Waals surface area contributed by atoms with E-state index in [4.69, 9.17) is 4.74 Å². The third kappa shape index (κ3) is 5.38. The molecule has 1 atom stereocenters. The standard InChI is InChI=1S/C27H29N5O3/c1-3-20-11-7-9-15-23(20)32(25(33)19-31-24-16-10-8-14-22(24)29-30-31)26(21-12-5-4-6-13-21)27(34)28-17-18-35-2/h4-16,26H,3,17-19H2,1-2H3,(H,28,34)/t26-/m0/s1. The van der Waals surface area contributed by atoms with Crippen LogP contribution in [0.5, 0.6) is 0 Å². The van der Waals surface area contributed by atoms with E-state index in [-0.39, 0.29) is 18.4 Å². The van der Waals surface area contributed by atoms with Gasteiger partial charge < -0.3 is 10.1 Å². The van der Waals surface area contributed by atoms with E-state index in [2.05, 4.69) is 15.6 Å². The fourth-order valence-corrected chi connectivity index (χ4v) is 4.13. The molecular formula is C27H29N5O3. The van der Waals surface area contributed by atoms with E-state index >= 15 is 0 Å². The lowest BCUT2D eigenvalue weighted by molar-refractivity contribution is -0.127. The van der Waals surface area contributed by atoms with Gasteiger partial charge in [0.15, 0.2) is 0 Å². The first-order chi connectivity index (χ1) is 17.1. The number of fused-ring (bicyclic) bond motifs is 1. The number of carbonyl (C=O) groups excluding carboxylic acids is 2. The lowest BCUT2D eigenvalue weighted by Crippen LogP contribution is -2.46. The third-order valence-corrected chi connectivity index (χ3v) is 5.83. The van der Waals surface area contributed by atoms with E-state index in [0.29, 0.717) is 36.3 Å². The summed E-state index contributed by atoms with van der Waals surface area (Å²) in [5, 5.41) is 11.3. The zero-order valence-electron chi connectivity index (χ0n) is 19.9. The Morgan fingerprint density at radius 2 is 1.71 bits per heavy atom. The predicted molar refractivity (Wildman–Crippen MR) is 135 cm³/mol. The number of para-hydroxylation sites is 2. The van der Waals surface area contributed by atoms with Crippen LogP contribution in [0.1, 0.15) is 24.1 Å². The maximum absolute atomic E-state index is 14.0. The number of amides is 2. The first-order valence-corrected chi connectivity index (χ1v) is 11.6. The summed E-state index contributed by atoms with van der Waals surface area (Å²) in [6, 6.07) is 23.6. The van der Waals surface area contributed by atoms with E-state index in [9.17, 15) is 9.59 Å². The number of rotatable bonds is 10. The van der Waals surface area contributed by atoms with Crippen LogP contribution in [0.4, 0.5) is 5.69 Å². The van der Waals surface area contributed by atoms with Gasteiger partial charge in [0.1, 0.15) is 18.1 Å². The van der Waals surface area contributed by atoms with Gasteiger partial charge in [-0.25, -0.2) is 4.68 Å². The van der Waals surface area contributed by atoms with Gasteiger partial charge in [-0.3, -0.25) is 14.5 Å². The number of methoxy groups -OCH3 is 1. The predicted octanol–water partition coefficient (Wildman–Crippen LogP) is 3.53. The molecule has 1 N–H and O–H groups in total. The van der Waals surface area contributed by atoms with Crippen molar-refractivity contribution in [3.8, 4) is 0 Å². The maximum Gasteiger partial charge on any atom is 0.249 e. The minimum absolute atomic E-state index is 0.0623. The fraction of sp³-hybridized carbons (Fsp3) is 0.259. The zero-order valence-corrected chi connectivity index (χ0v) is 19.9. The van der Waals surface area contributed by atoms with Gasteiger partial charge in [0.05, 0.1) is 12.1 Å². The van der Waals surface area contributed by atoms with Gasteiger partial charge in [-0.15, -0.1) is 5.10 Å². The van der Waals surface area contributed by atoms with Crippen molar-refractivity contribution in [2.24, 2.45) is 0 Å². The van der Waals surface area contributed by atoms with Crippen LogP contribution < -0.4 is 10.2 Å². The van der Waals surface area contributed by atoms with Gasteiger partial charge >= 0.3 is 0 Å². The zero-order chi connectivity index (χ0) is 24.6. The average molecular weight is 472 g/mol. The number of aryl methyl sites for hydroxylation is 1. The van der Waals surface area contributed by atoms with Gasteiger partial charge in [-0.05, 0) is 35.7 Å². The van der Waals surface area contributed by atoms with Gasteiger partial charge in [0.25, 0.3) is 0 Å². The lowest BCUT2D eigenvalue weighted by Gasteiger charge is -2.33. The van der Waals surface area contributed by atoms with Crippen molar-refractivity contribution in [3.05, 3.63) is 90.0 Å². The Morgan fingerprint density at radius 1 is 1.00 bits per heavy atom. The van der Waals surface area contributed by atoms with Gasteiger partial charge in [0.2, 0.25) is 11.8 Å². The van der Waals surface area contributed by atoms with E-state index in [1.165, 1.54) is 0 Å². The summed E-state index contributed by atoms with van der Waals surface area (Å²) in [5.74, 6) is -0.548. The van der Waals surface area contributed by atoms with Crippen molar-refractivity contribution in [2.45, 2.75) is 25.9 Å². The Morgan fingerprint density at radius 3 is 2.49 bits per heavy atom. The molecule has 0 spiro atoms. The summed E-state index contributed by atoms with van der Waals surface area (Å²) < 4.78 is 6.68. The van der Waals surface area contributed by atoms with Crippen LogP contribution in [0.2, 0.25) is 0 Å². The second-order valence-electron chi connectivity index (χ2n) is 8.08. The molecule has 0 aliphatic rings. The first-order valence-electron chi connectivity index (χ1n) is 11.6. The Kier molecular flexibility index (Phi) is 7.84. The van der Waals surface area contributed by atoms with Crippen LogP contribution in [-0.2, 0) is 27.3 Å². The highest BCUT2D eigenvalue weighted by molar-refractivity contribution is 6.02. The summed E-state index contributed by atoms with van der Waals surface area (Å²) in [7, 11) is 1.58. The third-order valence-electron chi connectivity index (χ3n) is 5.83. The molecule has 180 valence electrons. The number of hydrogen-bond acceptors (Lipinski definition) is 5. The normalized spacial score (nSPS) is 11.8. The minimum Gasteiger partial charge on any atom is -0.383 e. The SMILES string of the molecule is CCc1ccccc1N(C(=O)Cn1nnc2ccccc21)[C@H](C(=O)NCCOC)c1ccccc1. The van der Waals surface area contributed by atoms with Crippen LogP contribution in [-0.4, -0.2) is 47.1 Å². The monoisotopic (exact) mass is 471 g/mol. The Bertz CT molecular complexity index is 1290. The van der Waals surface area contributed by atoms with Crippen LogP contribution >= 0.6 is 0 Å². The van der Waals surface area contributed by atoms with Crippen molar-refractivity contribution in [1.82, 2.24) is 20.3 Å². The van der Waals surface area contributed by atoms with Crippen molar-refractivity contribution in [2.75, 3.05) is 25.2 Å². The van der Waals surface area contributed by atoms with Gasteiger partial charge in [0, 0.05) is 19.3 Å². The molecule has 1 aromatic heterocycles. The van der Waals surface area contributed by atoms with E-state index in [0.717, 1.165) is 11.1 Å². The average Bonchev–Trinajstić information content (AvgIpc) is 3.30. The maximum atomic E-state index is 14.0. The number of aromatic nitrogens is 3. The number of carbonyl (C=O) groups is 2. The number of anilines is 1. The molecule has 0 aliphatic carbocycles. The van der Waals surface area contributed by atoms with Crippen LogP contribution in [0.15, 0.2) is 78.9 Å². The topological polar surface area (TPSA) is 89.4 Å². The Hall–Kier alpha value is -4.04. The summed E-state index contributed by atoms with van der Waals surface area (Å²) in [6.45, 7) is 2.68. The molecular weight excluding hydrogens is 442 g/mol. The number of benzene rings is 3. The molecule has 35 heavy (non-hydrogen) atoms. The summed E-state index contributed by atoms with van der Waals surface area (Å²) in [6.07, 6.45) is 0.707. The number of hydrogen-bond donors (Lipinski definition) is 1. The minimum atomic E-state index is -0.872. The molecule has 0 saturated carbocycles. The largest absolute Gasteiger partial charge is 0.383 e. The first kappa shape index (κ1) is 24.1. The second-order valence-corrected chi connectivity index (χ2v) is 8.08. The molecule has 0 saturated heterocycles. The summed E-state index contributed by atoms with van der Waals surface area (Å²) >= 11 is 0. The number of nitrogens with one attached hydrogen (secondary N) is 1. The smallest absolute Gasteiger partial charge is 0.249 e. The molecule has 0 unspecified atom stereocenters. The molecule has 8 nitrogen and oxygen atoms in total. The molecule has 0 aliphatic heterocycles. The molecule has 1 heterocycles. The number of ether oxygens (including phenoxy) is 1. The molecule has 8 heteroatoms. The Labute approximate surface area is 204 Å². The van der Waals surface area contributed by atoms with Crippen LogP contribution in [0, 0.1) is 0 Å². The number of nitrogens with zero attached hydrogens (tertiary/aromatic N) is 4. The van der Waals surface area contributed by atoms with E-state index in [1.807, 2.05) is 85.8 Å². The fourth-order valence-electron chi connectivity index (χ4n) is 4.13.